The number of phenolic OH excluding ortho intramolecular Hbond substituents is 1. The number of rotatable bonds is 12. The van der Waals surface area contributed by atoms with E-state index in [9.17, 15) is 28.7 Å². The second-order valence-corrected chi connectivity index (χ2v) is 12.9. The molecule has 1 saturated heterocycles. The summed E-state index contributed by atoms with van der Waals surface area (Å²) >= 11 is 0. The molecule has 262 valence electrons. The van der Waals surface area contributed by atoms with Gasteiger partial charge in [0, 0.05) is 38.9 Å². The van der Waals surface area contributed by atoms with Crippen LogP contribution in [0.2, 0.25) is 0 Å². The first-order valence-corrected chi connectivity index (χ1v) is 16.8. The molecule has 6 rings (SSSR count). The molecule has 2 heterocycles. The van der Waals surface area contributed by atoms with Gasteiger partial charge in [0.2, 0.25) is 23.6 Å². The van der Waals surface area contributed by atoms with Crippen molar-refractivity contribution in [1.82, 2.24) is 30.8 Å². The fourth-order valence-electron chi connectivity index (χ4n) is 6.51. The molecule has 4 unspecified atom stereocenters. The van der Waals surface area contributed by atoms with Crippen LogP contribution in [0.1, 0.15) is 29.3 Å². The van der Waals surface area contributed by atoms with Gasteiger partial charge < -0.3 is 30.9 Å². The van der Waals surface area contributed by atoms with Crippen LogP contribution in [0.15, 0.2) is 104 Å². The molecule has 4 atom stereocenters. The molecule has 51 heavy (non-hydrogen) atoms. The highest BCUT2D eigenvalue weighted by Gasteiger charge is 2.41. The predicted molar refractivity (Wildman–Crippen MR) is 189 cm³/mol. The number of fused-ring (bicyclic) bond motifs is 1. The number of nitrogens with one attached hydrogen (secondary N) is 4. The Kier molecular flexibility index (Phi) is 10.7. The van der Waals surface area contributed by atoms with E-state index in [2.05, 4.69) is 32.0 Å². The largest absolute Gasteiger partial charge is 0.508 e. The molecule has 11 nitrogen and oxygen atoms in total. The van der Waals surface area contributed by atoms with Gasteiger partial charge in [-0.1, -0.05) is 66.7 Å². The first kappa shape index (κ1) is 34.8. The Morgan fingerprint density at radius 3 is 2.24 bits per heavy atom. The Labute approximate surface area is 294 Å². The number of imidazole rings is 1. The van der Waals surface area contributed by atoms with Crippen LogP contribution in [-0.2, 0) is 44.9 Å². The Bertz CT molecular complexity index is 2000. The number of halogens is 1. The van der Waals surface area contributed by atoms with Gasteiger partial charge in [0.05, 0.1) is 18.1 Å². The van der Waals surface area contributed by atoms with E-state index in [1.54, 1.807) is 18.3 Å². The number of aromatic hydroxyl groups is 1. The van der Waals surface area contributed by atoms with E-state index in [1.807, 2.05) is 36.4 Å². The number of carbonyl (C=O) groups is 4. The Morgan fingerprint density at radius 2 is 1.55 bits per heavy atom. The van der Waals surface area contributed by atoms with Crippen molar-refractivity contribution in [3.8, 4) is 5.75 Å². The highest BCUT2D eigenvalue weighted by Crippen LogP contribution is 2.22. The third-order valence-corrected chi connectivity index (χ3v) is 9.02. The topological polar surface area (TPSA) is 157 Å². The normalized spacial score (nSPS) is 17.0. The molecule has 4 amide bonds. The lowest BCUT2D eigenvalue weighted by Crippen LogP contribution is -2.66. The van der Waals surface area contributed by atoms with Crippen molar-refractivity contribution in [1.29, 1.82) is 0 Å². The average Bonchev–Trinajstić information content (AvgIpc) is 3.63. The second kappa shape index (κ2) is 15.7. The highest BCUT2D eigenvalue weighted by atomic mass is 19.1. The van der Waals surface area contributed by atoms with Gasteiger partial charge in [-0.2, -0.15) is 0 Å². The number of phenols is 1. The summed E-state index contributed by atoms with van der Waals surface area (Å²) in [5.41, 5.74) is 2.83. The number of aromatic nitrogens is 2. The van der Waals surface area contributed by atoms with Crippen molar-refractivity contribution in [2.45, 2.75) is 56.8 Å². The third kappa shape index (κ3) is 8.96. The van der Waals surface area contributed by atoms with Crippen molar-refractivity contribution in [3.63, 3.8) is 0 Å². The van der Waals surface area contributed by atoms with Gasteiger partial charge in [-0.25, -0.2) is 9.37 Å². The maximum Gasteiger partial charge on any atom is 0.246 e. The van der Waals surface area contributed by atoms with Crippen LogP contribution < -0.4 is 16.0 Å². The molecule has 5 N–H and O–H groups in total. The minimum Gasteiger partial charge on any atom is -0.508 e. The number of nitrogens with zero attached hydrogens (tertiary/aromatic N) is 2. The fourth-order valence-corrected chi connectivity index (χ4v) is 6.51. The quantitative estimate of drug-likeness (QED) is 0.135. The highest BCUT2D eigenvalue weighted by molar-refractivity contribution is 5.95. The smallest absolute Gasteiger partial charge is 0.246 e. The summed E-state index contributed by atoms with van der Waals surface area (Å²) in [7, 11) is 0. The molecule has 0 bridgehead atoms. The molecule has 12 heteroatoms. The Balaban J connectivity index is 1.30. The molecular weight excluding hydrogens is 651 g/mol. The predicted octanol–water partition coefficient (Wildman–Crippen LogP) is 3.36. The van der Waals surface area contributed by atoms with E-state index in [-0.39, 0.29) is 37.5 Å². The molecule has 4 aromatic carbocycles. The van der Waals surface area contributed by atoms with Crippen LogP contribution in [-0.4, -0.2) is 74.3 Å². The summed E-state index contributed by atoms with van der Waals surface area (Å²) in [6, 6.07) is 22.4. The Morgan fingerprint density at radius 1 is 0.882 bits per heavy atom. The van der Waals surface area contributed by atoms with E-state index in [1.165, 1.54) is 54.5 Å². The first-order valence-electron chi connectivity index (χ1n) is 16.8. The summed E-state index contributed by atoms with van der Waals surface area (Å²) in [4.78, 5) is 63.3. The van der Waals surface area contributed by atoms with E-state index in [0.717, 1.165) is 16.3 Å². The van der Waals surface area contributed by atoms with Gasteiger partial charge >= 0.3 is 0 Å². The van der Waals surface area contributed by atoms with Crippen molar-refractivity contribution >= 4 is 34.4 Å². The van der Waals surface area contributed by atoms with Crippen LogP contribution in [0, 0.1) is 5.82 Å². The second-order valence-electron chi connectivity index (χ2n) is 12.9. The number of hydrogen-bond acceptors (Lipinski definition) is 6. The number of carbonyl (C=O) groups excluding carboxylic acids is 4. The van der Waals surface area contributed by atoms with Gasteiger partial charge in [-0.3, -0.25) is 19.2 Å². The molecule has 1 fully saturated rings. The molecule has 0 spiro atoms. The minimum atomic E-state index is -1.17. The Hall–Kier alpha value is -6.04. The van der Waals surface area contributed by atoms with Crippen LogP contribution in [0.5, 0.6) is 5.75 Å². The standard InChI is InChI=1S/C39H39FN6O5/c1-24(47)43-34(18-26-9-14-33(48)15-10-26)37(49)45-35(19-25-7-12-30(40)13-8-25)39(51)46-22-32(44-38(50)36(46)20-31-21-41-23-42-31)17-27-6-11-28-4-2-3-5-29(28)16-27/h2-16,21,23,32,34-36,48H,17-20,22H2,1H3,(H,41,42)(H,43,47)(H,44,50)(H,45,49). The minimum absolute atomic E-state index is 0.000556. The molecular formula is C39H39FN6O5. The van der Waals surface area contributed by atoms with Crippen molar-refractivity contribution in [3.05, 3.63) is 132 Å². The average molecular weight is 691 g/mol. The van der Waals surface area contributed by atoms with E-state index >= 15 is 0 Å². The molecule has 1 aromatic heterocycles. The third-order valence-electron chi connectivity index (χ3n) is 9.02. The first-order chi connectivity index (χ1) is 24.6. The van der Waals surface area contributed by atoms with Crippen molar-refractivity contribution in [2.75, 3.05) is 6.54 Å². The molecule has 1 aliphatic rings. The summed E-state index contributed by atoms with van der Waals surface area (Å²) in [5, 5.41) is 20.5. The number of amides is 4. The molecule has 0 aliphatic carbocycles. The zero-order valence-corrected chi connectivity index (χ0v) is 28.0. The van der Waals surface area contributed by atoms with Crippen molar-refractivity contribution < 1.29 is 28.7 Å². The lowest BCUT2D eigenvalue weighted by molar-refractivity contribution is -0.147. The number of hydrogen-bond donors (Lipinski definition) is 5. The van der Waals surface area contributed by atoms with E-state index in [0.29, 0.717) is 23.2 Å². The monoisotopic (exact) mass is 690 g/mol. The number of piperazine rings is 1. The zero-order valence-electron chi connectivity index (χ0n) is 28.0. The maximum atomic E-state index is 14.7. The number of aromatic amines is 1. The lowest BCUT2D eigenvalue weighted by Gasteiger charge is -2.41. The van der Waals surface area contributed by atoms with Gasteiger partial charge in [0.1, 0.15) is 29.7 Å². The van der Waals surface area contributed by atoms with Gasteiger partial charge in [-0.05, 0) is 58.1 Å². The van der Waals surface area contributed by atoms with Gasteiger partial charge in [-0.15, -0.1) is 0 Å². The van der Waals surface area contributed by atoms with E-state index < -0.39 is 47.7 Å². The van der Waals surface area contributed by atoms with Gasteiger partial charge in [0.25, 0.3) is 0 Å². The SMILES string of the molecule is CC(=O)NC(Cc1ccc(O)cc1)C(=O)NC(Cc1ccc(F)cc1)C(=O)N1CC(Cc2ccc3ccccc3c2)NC(=O)C1Cc1c[nH]cn1. The van der Waals surface area contributed by atoms with Crippen molar-refractivity contribution in [2.24, 2.45) is 0 Å². The van der Waals surface area contributed by atoms with Crippen LogP contribution in [0.3, 0.4) is 0 Å². The zero-order chi connectivity index (χ0) is 35.9. The molecule has 5 aromatic rings. The van der Waals surface area contributed by atoms with Crippen LogP contribution in [0.4, 0.5) is 4.39 Å². The fraction of sp³-hybridized carbons (Fsp3) is 0.256. The maximum absolute atomic E-state index is 14.7. The van der Waals surface area contributed by atoms with Crippen LogP contribution in [0.25, 0.3) is 10.8 Å². The van der Waals surface area contributed by atoms with E-state index in [4.69, 9.17) is 0 Å². The van der Waals surface area contributed by atoms with Gasteiger partial charge in [0.15, 0.2) is 0 Å². The molecule has 0 saturated carbocycles. The number of benzene rings is 4. The number of H-pyrrole nitrogens is 1. The lowest BCUT2D eigenvalue weighted by atomic mass is 9.95. The summed E-state index contributed by atoms with van der Waals surface area (Å²) < 4.78 is 13.9. The summed E-state index contributed by atoms with van der Waals surface area (Å²) in [6.07, 6.45) is 3.84. The summed E-state index contributed by atoms with van der Waals surface area (Å²) in [5.74, 6) is -2.31. The van der Waals surface area contributed by atoms with Crippen LogP contribution >= 0.6 is 0 Å². The molecule has 0 radical (unpaired) electrons. The molecule has 1 aliphatic heterocycles. The summed E-state index contributed by atoms with van der Waals surface area (Å²) in [6.45, 7) is 1.45.